The SMILES string of the molecule is CC(C)NC(=O)C1CCN(c2nccc3occc23)CC1. The molecule has 1 fully saturated rings. The molecule has 21 heavy (non-hydrogen) atoms. The Morgan fingerprint density at radius 2 is 2.14 bits per heavy atom. The Labute approximate surface area is 124 Å². The molecule has 112 valence electrons. The average molecular weight is 287 g/mol. The topological polar surface area (TPSA) is 58.4 Å². The van der Waals surface area contributed by atoms with Crippen molar-refractivity contribution < 1.29 is 9.21 Å². The summed E-state index contributed by atoms with van der Waals surface area (Å²) in [6.07, 6.45) is 5.21. The quantitative estimate of drug-likeness (QED) is 0.942. The summed E-state index contributed by atoms with van der Waals surface area (Å²) in [5, 5.41) is 4.05. The van der Waals surface area contributed by atoms with E-state index in [4.69, 9.17) is 4.42 Å². The Hall–Kier alpha value is -2.04. The molecule has 0 aliphatic carbocycles. The van der Waals surface area contributed by atoms with Crippen LogP contribution in [0, 0.1) is 5.92 Å². The van der Waals surface area contributed by atoms with Crippen LogP contribution < -0.4 is 10.2 Å². The Morgan fingerprint density at radius 3 is 2.86 bits per heavy atom. The van der Waals surface area contributed by atoms with Gasteiger partial charge in [-0.2, -0.15) is 0 Å². The van der Waals surface area contributed by atoms with Gasteiger partial charge in [-0.1, -0.05) is 0 Å². The lowest BCUT2D eigenvalue weighted by atomic mass is 9.95. The van der Waals surface area contributed by atoms with Crippen molar-refractivity contribution in [1.29, 1.82) is 0 Å². The number of hydrogen-bond donors (Lipinski definition) is 1. The number of furan rings is 1. The van der Waals surface area contributed by atoms with Gasteiger partial charge in [0, 0.05) is 31.2 Å². The van der Waals surface area contributed by atoms with Gasteiger partial charge in [0.15, 0.2) is 0 Å². The second kappa shape index (κ2) is 5.76. The summed E-state index contributed by atoms with van der Waals surface area (Å²) in [5.41, 5.74) is 0.861. The summed E-state index contributed by atoms with van der Waals surface area (Å²) in [5.74, 6) is 1.26. The molecule has 0 atom stereocenters. The first kappa shape index (κ1) is 13.9. The van der Waals surface area contributed by atoms with Gasteiger partial charge in [0.2, 0.25) is 5.91 Å². The molecule has 1 N–H and O–H groups in total. The van der Waals surface area contributed by atoms with E-state index < -0.39 is 0 Å². The molecule has 0 spiro atoms. The molecule has 1 aliphatic heterocycles. The van der Waals surface area contributed by atoms with Gasteiger partial charge in [-0.3, -0.25) is 4.79 Å². The zero-order valence-corrected chi connectivity index (χ0v) is 12.5. The summed E-state index contributed by atoms with van der Waals surface area (Å²) in [7, 11) is 0. The van der Waals surface area contributed by atoms with Gasteiger partial charge in [0.05, 0.1) is 11.6 Å². The van der Waals surface area contributed by atoms with Gasteiger partial charge in [-0.25, -0.2) is 4.98 Å². The Balaban J connectivity index is 1.68. The van der Waals surface area contributed by atoms with Crippen molar-refractivity contribution >= 4 is 22.7 Å². The fraction of sp³-hybridized carbons (Fsp3) is 0.500. The second-order valence-corrected chi connectivity index (χ2v) is 5.89. The molecule has 2 aromatic rings. The number of piperidine rings is 1. The summed E-state index contributed by atoms with van der Waals surface area (Å²) in [4.78, 5) is 18.8. The highest BCUT2D eigenvalue weighted by Crippen LogP contribution is 2.28. The number of rotatable bonds is 3. The van der Waals surface area contributed by atoms with Crippen LogP contribution in [0.25, 0.3) is 11.0 Å². The summed E-state index contributed by atoms with van der Waals surface area (Å²) in [6, 6.07) is 4.04. The molecule has 1 aliphatic rings. The van der Waals surface area contributed by atoms with E-state index in [1.165, 1.54) is 0 Å². The second-order valence-electron chi connectivity index (χ2n) is 5.89. The highest BCUT2D eigenvalue weighted by molar-refractivity contribution is 5.88. The van der Waals surface area contributed by atoms with Crippen LogP contribution in [0.4, 0.5) is 5.82 Å². The fourth-order valence-electron chi connectivity index (χ4n) is 2.89. The van der Waals surface area contributed by atoms with Crippen LogP contribution in [0.5, 0.6) is 0 Å². The molecule has 0 saturated carbocycles. The first-order valence-corrected chi connectivity index (χ1v) is 7.52. The number of aromatic nitrogens is 1. The minimum Gasteiger partial charge on any atom is -0.464 e. The lowest BCUT2D eigenvalue weighted by molar-refractivity contribution is -0.126. The number of nitrogens with zero attached hydrogens (tertiary/aromatic N) is 2. The fourth-order valence-corrected chi connectivity index (χ4v) is 2.89. The number of carbonyl (C=O) groups is 1. The van der Waals surface area contributed by atoms with Crippen LogP contribution in [-0.4, -0.2) is 30.0 Å². The maximum atomic E-state index is 12.1. The van der Waals surface area contributed by atoms with E-state index in [9.17, 15) is 4.79 Å². The smallest absolute Gasteiger partial charge is 0.223 e. The summed E-state index contributed by atoms with van der Waals surface area (Å²) in [6.45, 7) is 5.70. The lowest BCUT2D eigenvalue weighted by Gasteiger charge is -2.32. The highest BCUT2D eigenvalue weighted by Gasteiger charge is 2.26. The standard InChI is InChI=1S/C16H21N3O2/c1-11(2)18-16(20)12-4-8-19(9-5-12)15-13-6-10-21-14(13)3-7-17-15/h3,6-7,10-12H,4-5,8-9H2,1-2H3,(H,18,20). The molecule has 1 saturated heterocycles. The largest absolute Gasteiger partial charge is 0.464 e. The van der Waals surface area contributed by atoms with Crippen LogP contribution in [0.2, 0.25) is 0 Å². The van der Waals surface area contributed by atoms with Crippen LogP contribution in [0.3, 0.4) is 0 Å². The van der Waals surface area contributed by atoms with Crippen molar-refractivity contribution in [2.45, 2.75) is 32.7 Å². The molecule has 1 amide bonds. The minimum absolute atomic E-state index is 0.118. The molecular weight excluding hydrogens is 266 g/mol. The van der Waals surface area contributed by atoms with Crippen molar-refractivity contribution in [3.63, 3.8) is 0 Å². The molecule has 3 rings (SSSR count). The van der Waals surface area contributed by atoms with E-state index in [0.717, 1.165) is 42.7 Å². The third kappa shape index (κ3) is 2.86. The minimum atomic E-state index is 0.118. The zero-order chi connectivity index (χ0) is 14.8. The molecule has 2 aromatic heterocycles. The molecule has 0 radical (unpaired) electrons. The van der Waals surface area contributed by atoms with Gasteiger partial charge in [-0.15, -0.1) is 0 Å². The van der Waals surface area contributed by atoms with E-state index in [1.807, 2.05) is 26.0 Å². The maximum absolute atomic E-state index is 12.1. The van der Waals surface area contributed by atoms with Crippen LogP contribution >= 0.6 is 0 Å². The van der Waals surface area contributed by atoms with E-state index in [0.29, 0.717) is 0 Å². The van der Waals surface area contributed by atoms with E-state index >= 15 is 0 Å². The number of anilines is 1. The molecule has 5 heteroatoms. The van der Waals surface area contributed by atoms with Crippen molar-refractivity contribution in [2.24, 2.45) is 5.92 Å². The Morgan fingerprint density at radius 1 is 1.38 bits per heavy atom. The van der Waals surface area contributed by atoms with E-state index in [2.05, 4.69) is 15.2 Å². The number of pyridine rings is 1. The monoisotopic (exact) mass is 287 g/mol. The van der Waals surface area contributed by atoms with Crippen LogP contribution in [-0.2, 0) is 4.79 Å². The number of fused-ring (bicyclic) bond motifs is 1. The molecule has 0 unspecified atom stereocenters. The van der Waals surface area contributed by atoms with E-state index in [-0.39, 0.29) is 17.9 Å². The van der Waals surface area contributed by atoms with Gasteiger partial charge in [0.1, 0.15) is 11.4 Å². The Bertz CT molecular complexity index is 627. The summed E-state index contributed by atoms with van der Waals surface area (Å²) >= 11 is 0. The maximum Gasteiger partial charge on any atom is 0.223 e. The molecule has 0 bridgehead atoms. The Kier molecular flexibility index (Phi) is 3.82. The van der Waals surface area contributed by atoms with Gasteiger partial charge in [0.25, 0.3) is 0 Å². The van der Waals surface area contributed by atoms with Crippen molar-refractivity contribution in [3.8, 4) is 0 Å². The van der Waals surface area contributed by atoms with Gasteiger partial charge < -0.3 is 14.6 Å². The molecule has 3 heterocycles. The van der Waals surface area contributed by atoms with Crippen molar-refractivity contribution in [3.05, 3.63) is 24.6 Å². The molecule has 0 aromatic carbocycles. The number of carbonyl (C=O) groups excluding carboxylic acids is 1. The third-order valence-corrected chi connectivity index (χ3v) is 3.96. The predicted octanol–water partition coefficient (Wildman–Crippen LogP) is 2.57. The summed E-state index contributed by atoms with van der Waals surface area (Å²) < 4.78 is 5.42. The molecule has 5 nitrogen and oxygen atoms in total. The van der Waals surface area contributed by atoms with Gasteiger partial charge >= 0.3 is 0 Å². The van der Waals surface area contributed by atoms with E-state index in [1.54, 1.807) is 12.5 Å². The van der Waals surface area contributed by atoms with Crippen molar-refractivity contribution in [2.75, 3.05) is 18.0 Å². The number of hydrogen-bond acceptors (Lipinski definition) is 4. The lowest BCUT2D eigenvalue weighted by Crippen LogP contribution is -2.42. The average Bonchev–Trinajstić information content (AvgIpc) is 2.95. The normalized spacial score (nSPS) is 16.6. The predicted molar refractivity (Wildman–Crippen MR) is 82.2 cm³/mol. The van der Waals surface area contributed by atoms with Crippen LogP contribution in [0.15, 0.2) is 29.0 Å². The number of amides is 1. The first-order chi connectivity index (χ1) is 10.1. The number of nitrogens with one attached hydrogen (secondary N) is 1. The first-order valence-electron chi connectivity index (χ1n) is 7.52. The third-order valence-electron chi connectivity index (χ3n) is 3.96. The zero-order valence-electron chi connectivity index (χ0n) is 12.5. The molecular formula is C16H21N3O2. The van der Waals surface area contributed by atoms with Crippen molar-refractivity contribution in [1.82, 2.24) is 10.3 Å². The van der Waals surface area contributed by atoms with Gasteiger partial charge in [-0.05, 0) is 38.8 Å². The highest BCUT2D eigenvalue weighted by atomic mass is 16.3. The van der Waals surface area contributed by atoms with Crippen LogP contribution in [0.1, 0.15) is 26.7 Å².